The van der Waals surface area contributed by atoms with Crippen molar-refractivity contribution < 1.29 is 4.74 Å². The monoisotopic (exact) mass is 270 g/mol. The first kappa shape index (κ1) is 16.9. The van der Waals surface area contributed by atoms with Crippen molar-refractivity contribution >= 4 is 0 Å². The zero-order chi connectivity index (χ0) is 14.3. The van der Waals surface area contributed by atoms with Crippen molar-refractivity contribution in [3.8, 4) is 0 Å². The molecule has 1 N–H and O–H groups in total. The first-order valence-electron chi connectivity index (χ1n) is 7.89. The van der Waals surface area contributed by atoms with Crippen molar-refractivity contribution in [1.82, 2.24) is 10.2 Å². The van der Waals surface area contributed by atoms with Gasteiger partial charge in [-0.1, -0.05) is 20.8 Å². The van der Waals surface area contributed by atoms with Gasteiger partial charge in [0.25, 0.3) is 0 Å². The Morgan fingerprint density at radius 3 is 2.74 bits per heavy atom. The van der Waals surface area contributed by atoms with Crippen molar-refractivity contribution in [2.45, 2.75) is 52.5 Å². The maximum atomic E-state index is 5.14. The quantitative estimate of drug-likeness (QED) is 0.686. The smallest absolute Gasteiger partial charge is 0.0474 e. The lowest BCUT2D eigenvalue weighted by Crippen LogP contribution is -2.47. The molecule has 1 saturated carbocycles. The largest absolute Gasteiger partial charge is 0.385 e. The molecule has 0 aliphatic heterocycles. The third kappa shape index (κ3) is 6.24. The fourth-order valence-electron chi connectivity index (χ4n) is 3.43. The number of methoxy groups -OCH3 is 1. The number of nitrogens with one attached hydrogen (secondary N) is 1. The molecule has 0 aromatic rings. The minimum absolute atomic E-state index is 0.518. The molecule has 0 spiro atoms. The molecule has 2 unspecified atom stereocenters. The van der Waals surface area contributed by atoms with Crippen LogP contribution in [0.3, 0.4) is 0 Å². The topological polar surface area (TPSA) is 24.5 Å². The van der Waals surface area contributed by atoms with Crippen LogP contribution in [0.1, 0.15) is 46.5 Å². The average Bonchev–Trinajstić information content (AvgIpc) is 2.32. The summed E-state index contributed by atoms with van der Waals surface area (Å²) in [6.45, 7) is 11.4. The summed E-state index contributed by atoms with van der Waals surface area (Å²) in [6.07, 6.45) is 5.17. The van der Waals surface area contributed by atoms with E-state index < -0.39 is 0 Å². The van der Waals surface area contributed by atoms with Crippen molar-refractivity contribution in [3.05, 3.63) is 0 Å². The van der Waals surface area contributed by atoms with Gasteiger partial charge in [-0.15, -0.1) is 0 Å². The van der Waals surface area contributed by atoms with Crippen molar-refractivity contribution in [2.75, 3.05) is 40.4 Å². The lowest BCUT2D eigenvalue weighted by Gasteiger charge is -2.42. The molecule has 1 fully saturated rings. The molecule has 2 atom stereocenters. The summed E-state index contributed by atoms with van der Waals surface area (Å²) >= 11 is 0. The third-order valence-corrected chi connectivity index (χ3v) is 4.42. The highest BCUT2D eigenvalue weighted by molar-refractivity contribution is 4.89. The predicted molar refractivity (Wildman–Crippen MR) is 82.6 cm³/mol. The second kappa shape index (κ2) is 8.23. The minimum atomic E-state index is 0.518. The fourth-order valence-corrected chi connectivity index (χ4v) is 3.43. The Morgan fingerprint density at radius 2 is 2.11 bits per heavy atom. The number of ether oxygens (including phenoxy) is 1. The van der Waals surface area contributed by atoms with Crippen LogP contribution in [0.5, 0.6) is 0 Å². The molecule has 0 heterocycles. The van der Waals surface area contributed by atoms with Crippen molar-refractivity contribution in [3.63, 3.8) is 0 Å². The van der Waals surface area contributed by atoms with Gasteiger partial charge in [-0.25, -0.2) is 0 Å². The fraction of sp³-hybridized carbons (Fsp3) is 1.00. The van der Waals surface area contributed by atoms with Gasteiger partial charge >= 0.3 is 0 Å². The first-order valence-corrected chi connectivity index (χ1v) is 7.89. The minimum Gasteiger partial charge on any atom is -0.385 e. The zero-order valence-electron chi connectivity index (χ0n) is 13.7. The van der Waals surface area contributed by atoms with Gasteiger partial charge in [0, 0.05) is 32.8 Å². The molecule has 1 aliphatic rings. The van der Waals surface area contributed by atoms with E-state index in [1.807, 2.05) is 0 Å². The Bertz CT molecular complexity index is 243. The number of rotatable bonds is 8. The summed E-state index contributed by atoms with van der Waals surface area (Å²) in [7, 11) is 4.03. The second-order valence-corrected chi connectivity index (χ2v) is 6.94. The molecule has 0 radical (unpaired) electrons. The van der Waals surface area contributed by atoms with Crippen LogP contribution >= 0.6 is 0 Å². The van der Waals surface area contributed by atoms with E-state index in [-0.39, 0.29) is 0 Å². The van der Waals surface area contributed by atoms with E-state index in [0.29, 0.717) is 11.5 Å². The zero-order valence-corrected chi connectivity index (χ0v) is 13.7. The van der Waals surface area contributed by atoms with E-state index in [1.165, 1.54) is 25.8 Å². The lowest BCUT2D eigenvalue weighted by atomic mass is 9.69. The number of nitrogens with zero attached hydrogens (tertiary/aromatic N) is 1. The van der Waals surface area contributed by atoms with Gasteiger partial charge in [-0.2, -0.15) is 0 Å². The van der Waals surface area contributed by atoms with Gasteiger partial charge in [-0.3, -0.25) is 0 Å². The van der Waals surface area contributed by atoms with E-state index in [1.54, 1.807) is 7.11 Å². The van der Waals surface area contributed by atoms with Crippen LogP contribution in [0.15, 0.2) is 0 Å². The third-order valence-electron chi connectivity index (χ3n) is 4.42. The van der Waals surface area contributed by atoms with Gasteiger partial charge < -0.3 is 15.0 Å². The molecule has 1 aliphatic carbocycles. The molecule has 114 valence electrons. The van der Waals surface area contributed by atoms with Gasteiger partial charge in [0.05, 0.1) is 0 Å². The lowest BCUT2D eigenvalue weighted by molar-refractivity contribution is 0.104. The van der Waals surface area contributed by atoms with Crippen LogP contribution in [0.4, 0.5) is 0 Å². The number of hydrogen-bond acceptors (Lipinski definition) is 3. The Kier molecular flexibility index (Phi) is 7.33. The highest BCUT2D eigenvalue weighted by Gasteiger charge is 2.34. The van der Waals surface area contributed by atoms with Gasteiger partial charge in [0.15, 0.2) is 0 Å². The summed E-state index contributed by atoms with van der Waals surface area (Å²) < 4.78 is 5.14. The molecular formula is C16H34N2O. The maximum Gasteiger partial charge on any atom is 0.0474 e. The van der Waals surface area contributed by atoms with E-state index in [2.05, 4.69) is 38.0 Å². The molecule has 0 saturated heterocycles. The molecule has 0 amide bonds. The summed E-state index contributed by atoms with van der Waals surface area (Å²) in [4.78, 5) is 2.48. The highest BCUT2D eigenvalue weighted by atomic mass is 16.5. The van der Waals surface area contributed by atoms with Crippen LogP contribution in [0.25, 0.3) is 0 Å². The van der Waals surface area contributed by atoms with Crippen molar-refractivity contribution in [2.24, 2.45) is 11.3 Å². The summed E-state index contributed by atoms with van der Waals surface area (Å²) in [5.74, 6) is 0.788. The van der Waals surface area contributed by atoms with Crippen LogP contribution in [-0.4, -0.2) is 51.3 Å². The van der Waals surface area contributed by atoms with E-state index >= 15 is 0 Å². The summed E-state index contributed by atoms with van der Waals surface area (Å²) in [5, 5.41) is 3.69. The van der Waals surface area contributed by atoms with Crippen LogP contribution in [0, 0.1) is 11.3 Å². The molecule has 0 bridgehead atoms. The molecule has 3 heteroatoms. The highest BCUT2D eigenvalue weighted by Crippen LogP contribution is 2.38. The van der Waals surface area contributed by atoms with Crippen LogP contribution in [0.2, 0.25) is 0 Å². The standard InChI is InChI=1S/C16H34N2O/c1-6-17-15-8-9-16(2,3)12-14(15)13-18(4)10-7-11-19-5/h14-15,17H,6-13H2,1-5H3. The Hall–Kier alpha value is -0.120. The van der Waals surface area contributed by atoms with Crippen LogP contribution < -0.4 is 5.32 Å². The Balaban J connectivity index is 2.44. The van der Waals surface area contributed by atoms with Crippen LogP contribution in [-0.2, 0) is 4.74 Å². The van der Waals surface area contributed by atoms with Gasteiger partial charge in [-0.05, 0) is 50.6 Å². The second-order valence-electron chi connectivity index (χ2n) is 6.94. The number of hydrogen-bond donors (Lipinski definition) is 1. The maximum absolute atomic E-state index is 5.14. The summed E-state index contributed by atoms with van der Waals surface area (Å²) in [5.41, 5.74) is 0.518. The van der Waals surface area contributed by atoms with E-state index in [0.717, 1.165) is 32.0 Å². The van der Waals surface area contributed by atoms with E-state index in [4.69, 9.17) is 4.74 Å². The molecular weight excluding hydrogens is 236 g/mol. The van der Waals surface area contributed by atoms with Gasteiger partial charge in [0.1, 0.15) is 0 Å². The van der Waals surface area contributed by atoms with Crippen molar-refractivity contribution in [1.29, 1.82) is 0 Å². The summed E-state index contributed by atoms with van der Waals surface area (Å²) in [6, 6.07) is 0.711. The first-order chi connectivity index (χ1) is 8.98. The Morgan fingerprint density at radius 1 is 1.37 bits per heavy atom. The SMILES string of the molecule is CCNC1CCC(C)(C)CC1CN(C)CCCOC. The average molecular weight is 270 g/mol. The Labute approximate surface area is 120 Å². The predicted octanol–water partition coefficient (Wildman–Crippen LogP) is 2.76. The van der Waals surface area contributed by atoms with Gasteiger partial charge in [0.2, 0.25) is 0 Å². The molecule has 0 aromatic carbocycles. The van der Waals surface area contributed by atoms with E-state index in [9.17, 15) is 0 Å². The molecule has 19 heavy (non-hydrogen) atoms. The normalized spacial score (nSPS) is 26.8. The molecule has 1 rings (SSSR count). The molecule has 3 nitrogen and oxygen atoms in total. The molecule has 0 aromatic heterocycles.